The van der Waals surface area contributed by atoms with E-state index in [1.54, 1.807) is 52.0 Å². The fourth-order valence-electron chi connectivity index (χ4n) is 2.51. The minimum atomic E-state index is -0.607. The third-order valence-electron chi connectivity index (χ3n) is 3.59. The topological polar surface area (TPSA) is 84.9 Å². The van der Waals surface area contributed by atoms with Gasteiger partial charge in [0.25, 0.3) is 0 Å². The zero-order valence-corrected chi connectivity index (χ0v) is 17.5. The van der Waals surface area contributed by atoms with E-state index in [4.69, 9.17) is 9.47 Å². The van der Waals surface area contributed by atoms with E-state index in [0.29, 0.717) is 12.8 Å². The standard InChI is InChI=1S/C21H33NO5/c1-14(18(24)26-20(2,3)4)12-16(22-19(25)27-21(5,6)7)13-15-8-10-17(23)11-9-15/h8-11,14,16,23H,12-13H2,1-7H3,(H,22,25)/t14?,16-/m1/s1. The van der Waals surface area contributed by atoms with Gasteiger partial charge in [0.2, 0.25) is 0 Å². The van der Waals surface area contributed by atoms with E-state index in [1.807, 2.05) is 20.8 Å². The van der Waals surface area contributed by atoms with Gasteiger partial charge in [-0.15, -0.1) is 0 Å². The normalized spacial score (nSPS) is 14.2. The number of ether oxygens (including phenoxy) is 2. The first-order valence-corrected chi connectivity index (χ1v) is 9.25. The molecule has 0 aliphatic heterocycles. The number of amides is 1. The van der Waals surface area contributed by atoms with Crippen molar-refractivity contribution < 1.29 is 24.2 Å². The van der Waals surface area contributed by atoms with Gasteiger partial charge in [-0.05, 0) is 72.1 Å². The molecular formula is C21H33NO5. The number of phenolic OH excluding ortho intramolecular Hbond substituents is 1. The molecule has 0 aromatic heterocycles. The molecule has 0 spiro atoms. The Morgan fingerprint density at radius 2 is 1.52 bits per heavy atom. The Labute approximate surface area is 162 Å². The number of benzene rings is 1. The molecule has 0 fully saturated rings. The van der Waals surface area contributed by atoms with Gasteiger partial charge in [-0.2, -0.15) is 0 Å². The van der Waals surface area contributed by atoms with E-state index in [0.717, 1.165) is 5.56 Å². The van der Waals surface area contributed by atoms with Crippen LogP contribution in [0.1, 0.15) is 60.5 Å². The Bertz CT molecular complexity index is 625. The monoisotopic (exact) mass is 379 g/mol. The van der Waals surface area contributed by atoms with Gasteiger partial charge in [-0.25, -0.2) is 4.79 Å². The first-order valence-electron chi connectivity index (χ1n) is 9.25. The van der Waals surface area contributed by atoms with Crippen LogP contribution in [0.15, 0.2) is 24.3 Å². The van der Waals surface area contributed by atoms with Crippen molar-refractivity contribution >= 4 is 12.1 Å². The number of hydrogen-bond donors (Lipinski definition) is 2. The number of hydrogen-bond acceptors (Lipinski definition) is 5. The second kappa shape index (κ2) is 9.11. The van der Waals surface area contributed by atoms with Crippen molar-refractivity contribution in [3.63, 3.8) is 0 Å². The minimum Gasteiger partial charge on any atom is -0.508 e. The van der Waals surface area contributed by atoms with Crippen molar-refractivity contribution in [1.82, 2.24) is 5.32 Å². The maximum atomic E-state index is 12.3. The molecule has 0 saturated heterocycles. The van der Waals surface area contributed by atoms with Gasteiger partial charge in [0.15, 0.2) is 0 Å². The maximum Gasteiger partial charge on any atom is 0.407 e. The van der Waals surface area contributed by atoms with Crippen LogP contribution in [0.25, 0.3) is 0 Å². The maximum absolute atomic E-state index is 12.3. The van der Waals surface area contributed by atoms with Crippen molar-refractivity contribution in [2.45, 2.75) is 78.6 Å². The van der Waals surface area contributed by atoms with Crippen LogP contribution >= 0.6 is 0 Å². The van der Waals surface area contributed by atoms with Crippen LogP contribution < -0.4 is 5.32 Å². The highest BCUT2D eigenvalue weighted by Crippen LogP contribution is 2.19. The van der Waals surface area contributed by atoms with Crippen molar-refractivity contribution in [2.24, 2.45) is 5.92 Å². The lowest BCUT2D eigenvalue weighted by Gasteiger charge is -2.27. The van der Waals surface area contributed by atoms with Gasteiger partial charge < -0.3 is 19.9 Å². The number of esters is 1. The average Bonchev–Trinajstić information content (AvgIpc) is 2.45. The number of alkyl carbamates (subject to hydrolysis) is 1. The summed E-state index contributed by atoms with van der Waals surface area (Å²) in [7, 11) is 0. The quantitative estimate of drug-likeness (QED) is 0.724. The van der Waals surface area contributed by atoms with Crippen molar-refractivity contribution in [2.75, 3.05) is 0 Å². The third-order valence-corrected chi connectivity index (χ3v) is 3.59. The van der Waals surface area contributed by atoms with Crippen molar-refractivity contribution in [1.29, 1.82) is 0 Å². The summed E-state index contributed by atoms with van der Waals surface area (Å²) in [6.07, 6.45) is 0.393. The molecule has 1 aromatic carbocycles. The lowest BCUT2D eigenvalue weighted by molar-refractivity contribution is -0.159. The summed E-state index contributed by atoms with van der Waals surface area (Å²) in [6.45, 7) is 12.6. The fraction of sp³-hybridized carbons (Fsp3) is 0.619. The summed E-state index contributed by atoms with van der Waals surface area (Å²) >= 11 is 0. The Hall–Kier alpha value is -2.24. The lowest BCUT2D eigenvalue weighted by Crippen LogP contribution is -2.42. The van der Waals surface area contributed by atoms with E-state index in [9.17, 15) is 14.7 Å². The van der Waals surface area contributed by atoms with E-state index < -0.39 is 17.3 Å². The highest BCUT2D eigenvalue weighted by atomic mass is 16.6. The summed E-state index contributed by atoms with van der Waals surface area (Å²) in [5.41, 5.74) is -0.231. The molecule has 0 bridgehead atoms. The summed E-state index contributed by atoms with van der Waals surface area (Å²) in [5, 5.41) is 12.3. The van der Waals surface area contributed by atoms with Crippen LogP contribution in [-0.2, 0) is 20.7 Å². The van der Waals surface area contributed by atoms with E-state index >= 15 is 0 Å². The van der Waals surface area contributed by atoms with Crippen molar-refractivity contribution in [3.8, 4) is 5.75 Å². The predicted octanol–water partition coefficient (Wildman–Crippen LogP) is 4.20. The molecular weight excluding hydrogens is 346 g/mol. The molecule has 0 aliphatic rings. The summed E-state index contributed by atoms with van der Waals surface area (Å²) in [4.78, 5) is 24.5. The Kier molecular flexibility index (Phi) is 7.69. The number of rotatable bonds is 6. The summed E-state index contributed by atoms with van der Waals surface area (Å²) in [5.74, 6) is -0.511. The molecule has 2 N–H and O–H groups in total. The summed E-state index contributed by atoms with van der Waals surface area (Å²) in [6, 6.07) is 6.45. The van der Waals surface area contributed by atoms with Crippen LogP contribution in [0, 0.1) is 5.92 Å². The van der Waals surface area contributed by atoms with Gasteiger partial charge in [0, 0.05) is 6.04 Å². The third kappa shape index (κ3) is 9.87. The average molecular weight is 379 g/mol. The Morgan fingerprint density at radius 1 is 1.00 bits per heavy atom. The van der Waals surface area contributed by atoms with Gasteiger partial charge in [0.1, 0.15) is 17.0 Å². The number of carbonyl (C=O) groups excluding carboxylic acids is 2. The highest BCUT2D eigenvalue weighted by Gasteiger charge is 2.26. The molecule has 0 heterocycles. The van der Waals surface area contributed by atoms with Crippen molar-refractivity contribution in [3.05, 3.63) is 29.8 Å². The van der Waals surface area contributed by atoms with Crippen LogP contribution in [0.4, 0.5) is 4.79 Å². The molecule has 1 amide bonds. The molecule has 2 atom stereocenters. The lowest BCUT2D eigenvalue weighted by atomic mass is 9.96. The predicted molar refractivity (Wildman–Crippen MR) is 105 cm³/mol. The molecule has 1 aromatic rings. The summed E-state index contributed by atoms with van der Waals surface area (Å²) < 4.78 is 10.8. The van der Waals surface area contributed by atoms with Crippen LogP contribution in [0.2, 0.25) is 0 Å². The second-order valence-electron chi connectivity index (χ2n) is 8.88. The molecule has 1 rings (SSSR count). The smallest absolute Gasteiger partial charge is 0.407 e. The Morgan fingerprint density at radius 3 is 2.00 bits per heavy atom. The van der Waals surface area contributed by atoms with E-state index in [2.05, 4.69) is 5.32 Å². The molecule has 0 aliphatic carbocycles. The second-order valence-corrected chi connectivity index (χ2v) is 8.88. The van der Waals surface area contributed by atoms with Gasteiger partial charge >= 0.3 is 12.1 Å². The van der Waals surface area contributed by atoms with Gasteiger partial charge in [-0.3, -0.25) is 4.79 Å². The first kappa shape index (κ1) is 22.8. The molecule has 152 valence electrons. The number of nitrogens with one attached hydrogen (secondary N) is 1. The number of carbonyl (C=O) groups is 2. The largest absolute Gasteiger partial charge is 0.508 e. The Balaban J connectivity index is 2.84. The molecule has 6 nitrogen and oxygen atoms in total. The zero-order chi connectivity index (χ0) is 20.8. The van der Waals surface area contributed by atoms with Crippen LogP contribution in [-0.4, -0.2) is 34.4 Å². The molecule has 0 saturated carbocycles. The molecule has 27 heavy (non-hydrogen) atoms. The van der Waals surface area contributed by atoms with E-state index in [1.165, 1.54) is 0 Å². The van der Waals surface area contributed by atoms with Crippen LogP contribution in [0.3, 0.4) is 0 Å². The SMILES string of the molecule is CC(C[C@H](Cc1ccc(O)cc1)NC(=O)OC(C)(C)C)C(=O)OC(C)(C)C. The van der Waals surface area contributed by atoms with E-state index in [-0.39, 0.29) is 23.7 Å². The zero-order valence-electron chi connectivity index (χ0n) is 17.5. The van der Waals surface area contributed by atoms with Gasteiger partial charge in [0.05, 0.1) is 5.92 Å². The number of phenols is 1. The molecule has 6 heteroatoms. The van der Waals surface area contributed by atoms with Crippen LogP contribution in [0.5, 0.6) is 5.75 Å². The molecule has 1 unspecified atom stereocenters. The first-order chi connectivity index (χ1) is 12.2. The molecule has 0 radical (unpaired) electrons. The highest BCUT2D eigenvalue weighted by molar-refractivity contribution is 5.73. The fourth-order valence-corrected chi connectivity index (χ4v) is 2.51. The minimum absolute atomic E-state index is 0.178. The number of aromatic hydroxyl groups is 1. The van der Waals surface area contributed by atoms with Gasteiger partial charge in [-0.1, -0.05) is 19.1 Å².